The zero-order chi connectivity index (χ0) is 18.1. The summed E-state index contributed by atoms with van der Waals surface area (Å²) in [4.78, 5) is 27.1. The molecule has 2 unspecified atom stereocenters. The Morgan fingerprint density at radius 2 is 2.04 bits per heavy atom. The molecule has 3 heterocycles. The molecule has 26 heavy (non-hydrogen) atoms. The Balaban J connectivity index is 1.51. The third-order valence-electron chi connectivity index (χ3n) is 5.29. The van der Waals surface area contributed by atoms with Crippen molar-refractivity contribution in [2.45, 2.75) is 38.3 Å². The van der Waals surface area contributed by atoms with Crippen molar-refractivity contribution in [3.63, 3.8) is 0 Å². The number of rotatable bonds is 3. The van der Waals surface area contributed by atoms with Crippen LogP contribution in [0.4, 0.5) is 5.69 Å². The van der Waals surface area contributed by atoms with Crippen molar-refractivity contribution >= 4 is 17.5 Å². The number of aryl methyl sites for hydroxylation is 1. The van der Waals surface area contributed by atoms with Gasteiger partial charge >= 0.3 is 0 Å². The first-order valence-electron chi connectivity index (χ1n) is 9.11. The van der Waals surface area contributed by atoms with Crippen molar-refractivity contribution in [2.24, 2.45) is 0 Å². The molecular weight excluding hydrogens is 330 g/mol. The Hall–Kier alpha value is -2.60. The average molecular weight is 353 g/mol. The first kappa shape index (κ1) is 16.8. The molecule has 0 radical (unpaired) electrons. The van der Waals surface area contributed by atoms with Crippen LogP contribution in [-0.2, 0) is 0 Å². The summed E-state index contributed by atoms with van der Waals surface area (Å²) in [5.41, 5.74) is 2.13. The van der Waals surface area contributed by atoms with Gasteiger partial charge in [0.15, 0.2) is 5.76 Å². The highest BCUT2D eigenvalue weighted by atomic mass is 16.3. The SMILES string of the molecule is Cc1ccc(C(=O)N2CCC3CCC(C2)N3)cc1NC(=O)c1ccco1. The van der Waals surface area contributed by atoms with Gasteiger partial charge in [-0.25, -0.2) is 0 Å². The largest absolute Gasteiger partial charge is 0.459 e. The van der Waals surface area contributed by atoms with Gasteiger partial charge in [0.1, 0.15) is 0 Å². The maximum absolute atomic E-state index is 13.0. The molecule has 2 N–H and O–H groups in total. The van der Waals surface area contributed by atoms with Crippen molar-refractivity contribution < 1.29 is 14.0 Å². The lowest BCUT2D eigenvalue weighted by molar-refractivity contribution is 0.0748. The number of anilines is 1. The van der Waals surface area contributed by atoms with Crippen LogP contribution in [0.3, 0.4) is 0 Å². The number of amides is 2. The van der Waals surface area contributed by atoms with E-state index in [1.807, 2.05) is 24.0 Å². The number of likely N-dealkylation sites (tertiary alicyclic amines) is 1. The van der Waals surface area contributed by atoms with Gasteiger partial charge in [0.25, 0.3) is 11.8 Å². The Morgan fingerprint density at radius 1 is 1.19 bits per heavy atom. The Kier molecular flexibility index (Phi) is 4.51. The van der Waals surface area contributed by atoms with Crippen LogP contribution in [0.2, 0.25) is 0 Å². The van der Waals surface area contributed by atoms with Crippen LogP contribution in [0, 0.1) is 6.92 Å². The second-order valence-corrected chi connectivity index (χ2v) is 7.14. The number of hydrogen-bond donors (Lipinski definition) is 2. The van der Waals surface area contributed by atoms with Gasteiger partial charge in [-0.2, -0.15) is 0 Å². The Labute approximate surface area is 152 Å². The van der Waals surface area contributed by atoms with Crippen molar-refractivity contribution in [3.8, 4) is 0 Å². The number of nitrogens with zero attached hydrogens (tertiary/aromatic N) is 1. The van der Waals surface area contributed by atoms with Crippen LogP contribution >= 0.6 is 0 Å². The van der Waals surface area contributed by atoms with E-state index < -0.39 is 0 Å². The molecule has 0 aliphatic carbocycles. The molecule has 1 aromatic heterocycles. The number of hydrogen-bond acceptors (Lipinski definition) is 4. The molecule has 2 aromatic rings. The van der Waals surface area contributed by atoms with E-state index in [0.29, 0.717) is 23.3 Å². The van der Waals surface area contributed by atoms with Gasteiger partial charge in [0, 0.05) is 36.4 Å². The van der Waals surface area contributed by atoms with Crippen LogP contribution in [0.15, 0.2) is 41.0 Å². The average Bonchev–Trinajstić information content (AvgIpc) is 3.26. The minimum Gasteiger partial charge on any atom is -0.459 e. The molecule has 2 aliphatic rings. The van der Waals surface area contributed by atoms with E-state index in [1.165, 1.54) is 12.7 Å². The minimum absolute atomic E-state index is 0.0212. The summed E-state index contributed by atoms with van der Waals surface area (Å²) < 4.78 is 5.13. The predicted molar refractivity (Wildman–Crippen MR) is 98.3 cm³/mol. The number of carbonyl (C=O) groups is 2. The van der Waals surface area contributed by atoms with E-state index in [2.05, 4.69) is 10.6 Å². The van der Waals surface area contributed by atoms with Crippen LogP contribution in [0.1, 0.15) is 45.7 Å². The minimum atomic E-state index is -0.320. The van der Waals surface area contributed by atoms with Crippen molar-refractivity contribution in [2.75, 3.05) is 18.4 Å². The highest BCUT2D eigenvalue weighted by Gasteiger charge is 2.31. The molecule has 4 rings (SSSR count). The van der Waals surface area contributed by atoms with E-state index in [9.17, 15) is 9.59 Å². The standard InChI is InChI=1S/C20H23N3O3/c1-13-4-5-14(11-17(13)22-19(24)18-3-2-10-26-18)20(25)23-9-8-15-6-7-16(12-23)21-15/h2-5,10-11,15-16,21H,6-9,12H2,1H3,(H,22,24). The summed E-state index contributed by atoms with van der Waals surface area (Å²) in [6, 6.07) is 9.68. The van der Waals surface area contributed by atoms with E-state index in [1.54, 1.807) is 18.2 Å². The van der Waals surface area contributed by atoms with Crippen molar-refractivity contribution in [1.82, 2.24) is 10.2 Å². The molecule has 2 aliphatic heterocycles. The third kappa shape index (κ3) is 3.37. The van der Waals surface area contributed by atoms with Crippen LogP contribution in [0.5, 0.6) is 0 Å². The summed E-state index contributed by atoms with van der Waals surface area (Å²) >= 11 is 0. The third-order valence-corrected chi connectivity index (χ3v) is 5.29. The number of carbonyl (C=O) groups excluding carboxylic acids is 2. The summed E-state index contributed by atoms with van der Waals surface area (Å²) in [7, 11) is 0. The van der Waals surface area contributed by atoms with Gasteiger partial charge in [0.05, 0.1) is 6.26 Å². The highest BCUT2D eigenvalue weighted by Crippen LogP contribution is 2.23. The number of benzene rings is 1. The smallest absolute Gasteiger partial charge is 0.291 e. The maximum Gasteiger partial charge on any atom is 0.291 e. The van der Waals surface area contributed by atoms with Crippen LogP contribution < -0.4 is 10.6 Å². The summed E-state index contributed by atoms with van der Waals surface area (Å²) in [6.45, 7) is 3.42. The van der Waals surface area contributed by atoms with Gasteiger partial charge in [-0.3, -0.25) is 9.59 Å². The maximum atomic E-state index is 13.0. The molecule has 6 nitrogen and oxygen atoms in total. The summed E-state index contributed by atoms with van der Waals surface area (Å²) in [5, 5.41) is 6.42. The van der Waals surface area contributed by atoms with Gasteiger partial charge in [-0.15, -0.1) is 0 Å². The summed E-state index contributed by atoms with van der Waals surface area (Å²) in [6.07, 6.45) is 4.80. The zero-order valence-corrected chi connectivity index (χ0v) is 14.8. The molecular formula is C20H23N3O3. The molecule has 2 atom stereocenters. The molecule has 2 fully saturated rings. The van der Waals surface area contributed by atoms with E-state index in [-0.39, 0.29) is 17.6 Å². The fraction of sp³-hybridized carbons (Fsp3) is 0.400. The normalized spacial score (nSPS) is 22.1. The first-order chi connectivity index (χ1) is 12.6. The second-order valence-electron chi connectivity index (χ2n) is 7.14. The van der Waals surface area contributed by atoms with E-state index >= 15 is 0 Å². The molecule has 0 spiro atoms. The molecule has 0 saturated carbocycles. The first-order valence-corrected chi connectivity index (χ1v) is 9.11. The highest BCUT2D eigenvalue weighted by molar-refractivity contribution is 6.03. The van der Waals surface area contributed by atoms with Gasteiger partial charge in [-0.1, -0.05) is 6.07 Å². The van der Waals surface area contributed by atoms with E-state index in [0.717, 1.165) is 31.5 Å². The lowest BCUT2D eigenvalue weighted by Crippen LogP contribution is -2.39. The van der Waals surface area contributed by atoms with Crippen molar-refractivity contribution in [3.05, 3.63) is 53.5 Å². The van der Waals surface area contributed by atoms with Crippen LogP contribution in [0.25, 0.3) is 0 Å². The number of fused-ring (bicyclic) bond motifs is 2. The molecule has 136 valence electrons. The Morgan fingerprint density at radius 3 is 2.85 bits per heavy atom. The fourth-order valence-electron chi connectivity index (χ4n) is 3.79. The van der Waals surface area contributed by atoms with Crippen LogP contribution in [-0.4, -0.2) is 41.9 Å². The summed E-state index contributed by atoms with van der Waals surface area (Å²) in [5.74, 6) is -0.0532. The predicted octanol–water partition coefficient (Wildman–Crippen LogP) is 2.81. The molecule has 1 aromatic carbocycles. The topological polar surface area (TPSA) is 74.6 Å². The van der Waals surface area contributed by atoms with Gasteiger partial charge in [0.2, 0.25) is 0 Å². The quantitative estimate of drug-likeness (QED) is 0.890. The number of nitrogens with one attached hydrogen (secondary N) is 2. The fourth-order valence-corrected chi connectivity index (χ4v) is 3.79. The monoisotopic (exact) mass is 353 g/mol. The lowest BCUT2D eigenvalue weighted by Gasteiger charge is -2.24. The Bertz CT molecular complexity index is 816. The molecule has 6 heteroatoms. The molecule has 2 saturated heterocycles. The molecule has 2 bridgehead atoms. The zero-order valence-electron chi connectivity index (χ0n) is 14.8. The van der Waals surface area contributed by atoms with Crippen molar-refractivity contribution in [1.29, 1.82) is 0 Å². The number of furan rings is 1. The molecule has 2 amide bonds. The van der Waals surface area contributed by atoms with Gasteiger partial charge in [-0.05, 0) is 56.0 Å². The van der Waals surface area contributed by atoms with E-state index in [4.69, 9.17) is 4.42 Å². The second kappa shape index (κ2) is 6.96. The van der Waals surface area contributed by atoms with Gasteiger partial charge < -0.3 is 20.0 Å². The lowest BCUT2D eigenvalue weighted by atomic mass is 10.1.